The van der Waals surface area contributed by atoms with Crippen LogP contribution in [0.1, 0.15) is 12.8 Å². The molecule has 88 valence electrons. The van der Waals surface area contributed by atoms with Crippen molar-refractivity contribution in [3.8, 4) is 0 Å². The summed E-state index contributed by atoms with van der Waals surface area (Å²) in [4.78, 5) is 11.4. The smallest absolute Gasteiger partial charge is 0.224 e. The van der Waals surface area contributed by atoms with Crippen LogP contribution in [-0.4, -0.2) is 28.8 Å². The highest BCUT2D eigenvalue weighted by Gasteiger charge is 2.07. The standard InChI is InChI=1S/C11H14ClNO3/c12-8-1-3-9(4-2-8)13-11(16)6-5-10(15)7-14/h1-4,10,14-15H,5-7H2,(H,13,16)/t10-/m1/s1. The van der Waals surface area contributed by atoms with Crippen LogP contribution >= 0.6 is 11.6 Å². The highest BCUT2D eigenvalue weighted by atomic mass is 35.5. The van der Waals surface area contributed by atoms with Crippen molar-refractivity contribution < 1.29 is 15.0 Å². The fourth-order valence-electron chi connectivity index (χ4n) is 1.15. The van der Waals surface area contributed by atoms with Gasteiger partial charge in [-0.3, -0.25) is 4.79 Å². The average molecular weight is 244 g/mol. The van der Waals surface area contributed by atoms with Crippen molar-refractivity contribution in [2.24, 2.45) is 0 Å². The van der Waals surface area contributed by atoms with E-state index < -0.39 is 6.10 Å². The lowest BCUT2D eigenvalue weighted by molar-refractivity contribution is -0.116. The molecule has 0 fully saturated rings. The lowest BCUT2D eigenvalue weighted by Gasteiger charge is -2.07. The minimum absolute atomic E-state index is 0.171. The summed E-state index contributed by atoms with van der Waals surface area (Å²) >= 11 is 5.70. The molecule has 0 aliphatic rings. The monoisotopic (exact) mass is 243 g/mol. The Balaban J connectivity index is 2.37. The van der Waals surface area contributed by atoms with E-state index in [2.05, 4.69) is 5.32 Å². The molecule has 1 amide bonds. The van der Waals surface area contributed by atoms with Crippen LogP contribution in [0, 0.1) is 0 Å². The number of amides is 1. The molecule has 0 radical (unpaired) electrons. The molecule has 1 aromatic rings. The number of hydrogen-bond acceptors (Lipinski definition) is 3. The predicted molar refractivity (Wildman–Crippen MR) is 62.4 cm³/mol. The Morgan fingerprint density at radius 2 is 2.00 bits per heavy atom. The van der Waals surface area contributed by atoms with Crippen molar-refractivity contribution in [3.63, 3.8) is 0 Å². The third kappa shape index (κ3) is 4.61. The first-order valence-electron chi connectivity index (χ1n) is 4.96. The second kappa shape index (κ2) is 6.48. The minimum atomic E-state index is -0.837. The minimum Gasteiger partial charge on any atom is -0.394 e. The van der Waals surface area contributed by atoms with E-state index in [-0.39, 0.29) is 25.4 Å². The molecule has 4 nitrogen and oxygen atoms in total. The number of halogens is 1. The summed E-state index contributed by atoms with van der Waals surface area (Å²) in [5.74, 6) is -0.199. The van der Waals surface area contributed by atoms with Gasteiger partial charge in [-0.2, -0.15) is 0 Å². The second-order valence-electron chi connectivity index (χ2n) is 3.43. The number of anilines is 1. The third-order valence-electron chi connectivity index (χ3n) is 2.04. The van der Waals surface area contributed by atoms with Gasteiger partial charge in [0.05, 0.1) is 12.7 Å². The maximum Gasteiger partial charge on any atom is 0.224 e. The van der Waals surface area contributed by atoms with Crippen molar-refractivity contribution in [2.75, 3.05) is 11.9 Å². The largest absolute Gasteiger partial charge is 0.394 e. The van der Waals surface area contributed by atoms with Crippen LogP contribution < -0.4 is 5.32 Å². The van der Waals surface area contributed by atoms with E-state index in [1.54, 1.807) is 24.3 Å². The molecule has 5 heteroatoms. The van der Waals surface area contributed by atoms with Crippen LogP contribution in [0.15, 0.2) is 24.3 Å². The number of benzene rings is 1. The van der Waals surface area contributed by atoms with Crippen molar-refractivity contribution >= 4 is 23.2 Å². The third-order valence-corrected chi connectivity index (χ3v) is 2.30. The molecule has 1 atom stereocenters. The van der Waals surface area contributed by atoms with Crippen molar-refractivity contribution in [1.82, 2.24) is 0 Å². The number of aliphatic hydroxyl groups is 2. The summed E-state index contributed by atoms with van der Waals surface area (Å²) < 4.78 is 0. The summed E-state index contributed by atoms with van der Waals surface area (Å²) in [7, 11) is 0. The van der Waals surface area contributed by atoms with Gasteiger partial charge in [-0.15, -0.1) is 0 Å². The molecule has 0 aromatic heterocycles. The number of carbonyl (C=O) groups excluding carboxylic acids is 1. The zero-order valence-corrected chi connectivity index (χ0v) is 9.44. The van der Waals surface area contributed by atoms with Crippen LogP contribution in [0.2, 0.25) is 5.02 Å². The van der Waals surface area contributed by atoms with Gasteiger partial charge in [-0.1, -0.05) is 11.6 Å². The van der Waals surface area contributed by atoms with Crippen molar-refractivity contribution in [2.45, 2.75) is 18.9 Å². The van der Waals surface area contributed by atoms with Crippen LogP contribution in [0.4, 0.5) is 5.69 Å². The quantitative estimate of drug-likeness (QED) is 0.733. The Kier molecular flexibility index (Phi) is 5.25. The maximum atomic E-state index is 11.4. The zero-order chi connectivity index (χ0) is 12.0. The molecule has 0 saturated carbocycles. The molecule has 0 heterocycles. The van der Waals surface area contributed by atoms with E-state index in [9.17, 15) is 4.79 Å². The van der Waals surface area contributed by atoms with Crippen LogP contribution in [0.5, 0.6) is 0 Å². The molecular formula is C11H14ClNO3. The van der Waals surface area contributed by atoms with Gasteiger partial charge in [0.25, 0.3) is 0 Å². The first-order chi connectivity index (χ1) is 7.61. The molecule has 0 unspecified atom stereocenters. The molecule has 0 bridgehead atoms. The normalized spacial score (nSPS) is 12.2. The van der Waals surface area contributed by atoms with Gasteiger partial charge >= 0.3 is 0 Å². The topological polar surface area (TPSA) is 69.6 Å². The van der Waals surface area contributed by atoms with Crippen molar-refractivity contribution in [1.29, 1.82) is 0 Å². The molecule has 0 aliphatic heterocycles. The Hall–Kier alpha value is -1.10. The Bertz CT molecular complexity index is 340. The second-order valence-corrected chi connectivity index (χ2v) is 3.87. The van der Waals surface area contributed by atoms with Crippen LogP contribution in [0.3, 0.4) is 0 Å². The zero-order valence-electron chi connectivity index (χ0n) is 8.69. The van der Waals surface area contributed by atoms with Gasteiger partial charge in [0.15, 0.2) is 0 Å². The summed E-state index contributed by atoms with van der Waals surface area (Å²) in [5.41, 5.74) is 0.660. The molecular weight excluding hydrogens is 230 g/mol. The molecule has 1 rings (SSSR count). The van der Waals surface area contributed by atoms with E-state index in [0.29, 0.717) is 10.7 Å². The van der Waals surface area contributed by atoms with Gasteiger partial charge in [0.2, 0.25) is 5.91 Å². The molecule has 3 N–H and O–H groups in total. The van der Waals surface area contributed by atoms with E-state index in [0.717, 1.165) is 0 Å². The van der Waals surface area contributed by atoms with E-state index in [1.807, 2.05) is 0 Å². The lowest BCUT2D eigenvalue weighted by Crippen LogP contribution is -2.17. The van der Waals surface area contributed by atoms with Gasteiger partial charge in [0.1, 0.15) is 0 Å². The number of hydrogen-bond donors (Lipinski definition) is 3. The first-order valence-corrected chi connectivity index (χ1v) is 5.34. The SMILES string of the molecule is O=C(CC[C@@H](O)CO)Nc1ccc(Cl)cc1. The molecule has 0 saturated heterocycles. The van der Waals surface area contributed by atoms with E-state index >= 15 is 0 Å². The predicted octanol–water partition coefficient (Wildman–Crippen LogP) is 1.41. The summed E-state index contributed by atoms with van der Waals surface area (Å²) in [6.07, 6.45) is -0.420. The highest BCUT2D eigenvalue weighted by molar-refractivity contribution is 6.30. The fraction of sp³-hybridized carbons (Fsp3) is 0.364. The van der Waals surface area contributed by atoms with Crippen LogP contribution in [0.25, 0.3) is 0 Å². The van der Waals surface area contributed by atoms with Gasteiger partial charge in [-0.05, 0) is 30.7 Å². The van der Waals surface area contributed by atoms with E-state index in [1.165, 1.54) is 0 Å². The lowest BCUT2D eigenvalue weighted by atomic mass is 10.2. The van der Waals surface area contributed by atoms with E-state index in [4.69, 9.17) is 21.8 Å². The molecule has 0 aliphatic carbocycles. The Morgan fingerprint density at radius 1 is 1.38 bits per heavy atom. The number of rotatable bonds is 5. The molecule has 1 aromatic carbocycles. The van der Waals surface area contributed by atoms with Gasteiger partial charge in [0, 0.05) is 17.1 Å². The maximum absolute atomic E-state index is 11.4. The molecule has 16 heavy (non-hydrogen) atoms. The number of carbonyl (C=O) groups is 1. The summed E-state index contributed by atoms with van der Waals surface area (Å²) in [6.45, 7) is -0.325. The Morgan fingerprint density at radius 3 is 2.56 bits per heavy atom. The average Bonchev–Trinajstić information content (AvgIpc) is 2.29. The van der Waals surface area contributed by atoms with Crippen molar-refractivity contribution in [3.05, 3.63) is 29.3 Å². The molecule has 0 spiro atoms. The van der Waals surface area contributed by atoms with Gasteiger partial charge < -0.3 is 15.5 Å². The summed E-state index contributed by atoms with van der Waals surface area (Å²) in [6, 6.07) is 6.75. The highest BCUT2D eigenvalue weighted by Crippen LogP contribution is 2.13. The Labute approximate surface area is 98.9 Å². The van der Waals surface area contributed by atoms with Crippen LogP contribution in [-0.2, 0) is 4.79 Å². The first kappa shape index (κ1) is 13.0. The van der Waals surface area contributed by atoms with Gasteiger partial charge in [-0.25, -0.2) is 0 Å². The number of aliphatic hydroxyl groups excluding tert-OH is 2. The summed E-state index contributed by atoms with van der Waals surface area (Å²) in [5, 5.41) is 20.9. The number of nitrogens with one attached hydrogen (secondary N) is 1. The fourth-order valence-corrected chi connectivity index (χ4v) is 1.27.